The first-order valence-electron chi connectivity index (χ1n) is 5.90. The number of hydrogen-bond acceptors (Lipinski definition) is 2. The van der Waals surface area contributed by atoms with Gasteiger partial charge in [-0.3, -0.25) is 4.79 Å². The first-order valence-corrected chi connectivity index (χ1v) is 5.90. The molecule has 90 valence electrons. The fourth-order valence-corrected chi connectivity index (χ4v) is 1.60. The number of carbonyl (C=O) groups excluding carboxylic acids is 1. The van der Waals surface area contributed by atoms with Crippen molar-refractivity contribution in [3.8, 4) is 0 Å². The molecule has 0 rings (SSSR count). The highest BCUT2D eigenvalue weighted by Crippen LogP contribution is 2.14. The Kier molecular flexibility index (Phi) is 6.57. The van der Waals surface area contributed by atoms with Crippen LogP contribution in [0.25, 0.3) is 0 Å². The van der Waals surface area contributed by atoms with Gasteiger partial charge in [-0.15, -0.1) is 0 Å². The molecule has 15 heavy (non-hydrogen) atoms. The summed E-state index contributed by atoms with van der Waals surface area (Å²) in [6, 6.07) is 0. The zero-order valence-electron chi connectivity index (χ0n) is 10.6. The second-order valence-corrected chi connectivity index (χ2v) is 5.19. The van der Waals surface area contributed by atoms with Crippen LogP contribution in [0.2, 0.25) is 0 Å². The van der Waals surface area contributed by atoms with Crippen LogP contribution in [0.3, 0.4) is 0 Å². The highest BCUT2D eigenvalue weighted by atomic mass is 16.1. The normalized spacial score (nSPS) is 13.7. The molecule has 0 heterocycles. The van der Waals surface area contributed by atoms with E-state index in [1.54, 1.807) is 0 Å². The van der Waals surface area contributed by atoms with Crippen molar-refractivity contribution in [3.63, 3.8) is 0 Å². The Morgan fingerprint density at radius 3 is 2.33 bits per heavy atom. The smallest absolute Gasteiger partial charge is 0.220 e. The lowest BCUT2D eigenvalue weighted by Crippen LogP contribution is -2.40. The van der Waals surface area contributed by atoms with Crippen LogP contribution in [0.5, 0.6) is 0 Å². The van der Waals surface area contributed by atoms with Crippen molar-refractivity contribution < 1.29 is 4.79 Å². The first kappa shape index (κ1) is 14.4. The molecule has 0 aliphatic carbocycles. The molecule has 0 aliphatic rings. The number of hydrogen-bond donors (Lipinski definition) is 2. The van der Waals surface area contributed by atoms with E-state index in [1.165, 1.54) is 0 Å². The Balaban J connectivity index is 3.78. The van der Waals surface area contributed by atoms with Crippen LogP contribution in [0.15, 0.2) is 0 Å². The number of amides is 1. The average Bonchev–Trinajstić information content (AvgIpc) is 2.09. The maximum absolute atomic E-state index is 11.5. The number of carbonyl (C=O) groups is 1. The van der Waals surface area contributed by atoms with Gasteiger partial charge in [-0.05, 0) is 46.1 Å². The third kappa shape index (κ3) is 8.43. The number of nitrogens with one attached hydrogen (secondary N) is 1. The minimum Gasteiger partial charge on any atom is -0.352 e. The molecule has 0 saturated carbocycles. The van der Waals surface area contributed by atoms with Gasteiger partial charge in [-0.1, -0.05) is 13.3 Å². The van der Waals surface area contributed by atoms with Gasteiger partial charge in [-0.2, -0.15) is 0 Å². The van der Waals surface area contributed by atoms with E-state index < -0.39 is 0 Å². The average molecular weight is 214 g/mol. The lowest BCUT2D eigenvalue weighted by molar-refractivity contribution is -0.122. The molecule has 1 amide bonds. The van der Waals surface area contributed by atoms with Crippen LogP contribution in [-0.2, 0) is 4.79 Å². The molecule has 3 N–H and O–H groups in total. The van der Waals surface area contributed by atoms with E-state index in [9.17, 15) is 4.79 Å². The molecular formula is C12H26N2O. The summed E-state index contributed by atoms with van der Waals surface area (Å²) in [6.07, 6.45) is 3.71. The summed E-state index contributed by atoms with van der Waals surface area (Å²) in [5.74, 6) is 0.749. The fourth-order valence-electron chi connectivity index (χ4n) is 1.60. The minimum atomic E-state index is -0.118. The van der Waals surface area contributed by atoms with Crippen LogP contribution < -0.4 is 11.1 Å². The molecule has 3 heteroatoms. The van der Waals surface area contributed by atoms with Gasteiger partial charge < -0.3 is 11.1 Å². The van der Waals surface area contributed by atoms with Crippen molar-refractivity contribution >= 4 is 5.91 Å². The Hall–Kier alpha value is -0.570. The van der Waals surface area contributed by atoms with Crippen LogP contribution in [0, 0.1) is 5.92 Å². The maximum Gasteiger partial charge on any atom is 0.220 e. The van der Waals surface area contributed by atoms with Gasteiger partial charge in [-0.25, -0.2) is 0 Å². The summed E-state index contributed by atoms with van der Waals surface area (Å²) in [7, 11) is 0. The quantitative estimate of drug-likeness (QED) is 0.711. The van der Waals surface area contributed by atoms with E-state index >= 15 is 0 Å². The van der Waals surface area contributed by atoms with Crippen molar-refractivity contribution in [1.29, 1.82) is 0 Å². The Labute approximate surface area is 93.8 Å². The van der Waals surface area contributed by atoms with E-state index in [1.807, 2.05) is 20.8 Å². The minimum absolute atomic E-state index is 0.118. The SMILES string of the molecule is CCC(CCN)CCC(=O)NC(C)(C)C. The van der Waals surface area contributed by atoms with Gasteiger partial charge in [0.15, 0.2) is 0 Å². The molecule has 0 aliphatic heterocycles. The summed E-state index contributed by atoms with van der Waals surface area (Å²) in [5, 5.41) is 2.97. The zero-order valence-corrected chi connectivity index (χ0v) is 10.6. The highest BCUT2D eigenvalue weighted by Gasteiger charge is 2.14. The molecule has 0 aromatic carbocycles. The molecule has 0 radical (unpaired) electrons. The molecule has 3 nitrogen and oxygen atoms in total. The van der Waals surface area contributed by atoms with Crippen molar-refractivity contribution in [2.45, 2.75) is 58.9 Å². The Morgan fingerprint density at radius 1 is 1.33 bits per heavy atom. The van der Waals surface area contributed by atoms with E-state index in [4.69, 9.17) is 5.73 Å². The topological polar surface area (TPSA) is 55.1 Å². The first-order chi connectivity index (χ1) is 6.89. The lowest BCUT2D eigenvalue weighted by atomic mass is 9.96. The van der Waals surface area contributed by atoms with Gasteiger partial charge in [0.1, 0.15) is 0 Å². The van der Waals surface area contributed by atoms with E-state index in [0.717, 1.165) is 25.8 Å². The zero-order chi connectivity index (χ0) is 11.9. The van der Waals surface area contributed by atoms with Crippen LogP contribution in [0.4, 0.5) is 0 Å². The summed E-state index contributed by atoms with van der Waals surface area (Å²) >= 11 is 0. The van der Waals surface area contributed by atoms with Gasteiger partial charge in [0.05, 0.1) is 0 Å². The van der Waals surface area contributed by atoms with Gasteiger partial charge >= 0.3 is 0 Å². The standard InChI is InChI=1S/C12H26N2O/c1-5-10(8-9-13)6-7-11(15)14-12(2,3)4/h10H,5-9,13H2,1-4H3,(H,14,15). The molecule has 0 aromatic rings. The van der Waals surface area contributed by atoms with E-state index in [-0.39, 0.29) is 11.4 Å². The third-order valence-electron chi connectivity index (χ3n) is 2.45. The monoisotopic (exact) mass is 214 g/mol. The van der Waals surface area contributed by atoms with Crippen molar-refractivity contribution in [2.75, 3.05) is 6.54 Å². The van der Waals surface area contributed by atoms with E-state index in [0.29, 0.717) is 12.3 Å². The molecule has 0 spiro atoms. The third-order valence-corrected chi connectivity index (χ3v) is 2.45. The highest BCUT2D eigenvalue weighted by molar-refractivity contribution is 5.76. The van der Waals surface area contributed by atoms with Crippen LogP contribution >= 0.6 is 0 Å². The predicted molar refractivity (Wildman–Crippen MR) is 64.6 cm³/mol. The number of rotatable bonds is 6. The molecule has 0 saturated heterocycles. The molecule has 1 atom stereocenters. The molecule has 1 unspecified atom stereocenters. The molecule has 0 bridgehead atoms. The van der Waals surface area contributed by atoms with Crippen molar-refractivity contribution in [2.24, 2.45) is 11.7 Å². The number of nitrogens with two attached hydrogens (primary N) is 1. The largest absolute Gasteiger partial charge is 0.352 e. The molecule has 0 fully saturated rings. The Bertz CT molecular complexity index is 185. The second kappa shape index (κ2) is 6.83. The molecule has 0 aromatic heterocycles. The second-order valence-electron chi connectivity index (χ2n) is 5.19. The lowest BCUT2D eigenvalue weighted by Gasteiger charge is -2.21. The summed E-state index contributed by atoms with van der Waals surface area (Å²) < 4.78 is 0. The van der Waals surface area contributed by atoms with Crippen LogP contribution in [0.1, 0.15) is 53.4 Å². The molecular weight excluding hydrogens is 188 g/mol. The van der Waals surface area contributed by atoms with E-state index in [2.05, 4.69) is 12.2 Å². The summed E-state index contributed by atoms with van der Waals surface area (Å²) in [5.41, 5.74) is 5.39. The van der Waals surface area contributed by atoms with Crippen molar-refractivity contribution in [3.05, 3.63) is 0 Å². The fraction of sp³-hybridized carbons (Fsp3) is 0.917. The van der Waals surface area contributed by atoms with Gasteiger partial charge in [0.25, 0.3) is 0 Å². The Morgan fingerprint density at radius 2 is 1.93 bits per heavy atom. The van der Waals surface area contributed by atoms with Gasteiger partial charge in [0, 0.05) is 12.0 Å². The van der Waals surface area contributed by atoms with Crippen molar-refractivity contribution in [1.82, 2.24) is 5.32 Å². The van der Waals surface area contributed by atoms with Gasteiger partial charge in [0.2, 0.25) is 5.91 Å². The maximum atomic E-state index is 11.5. The predicted octanol–water partition coefficient (Wildman–Crippen LogP) is 2.06. The summed E-state index contributed by atoms with van der Waals surface area (Å²) in [6.45, 7) is 8.88. The van der Waals surface area contributed by atoms with Crippen LogP contribution in [-0.4, -0.2) is 18.0 Å². The summed E-state index contributed by atoms with van der Waals surface area (Å²) in [4.78, 5) is 11.5.